The molecule has 7 heteroatoms. The number of hydrogen-bond acceptors (Lipinski definition) is 4. The molecule has 7 rings (SSSR count). The minimum absolute atomic E-state index is 0. The summed E-state index contributed by atoms with van der Waals surface area (Å²) in [4.78, 5) is 60.8. The molecule has 1 heterocycles. The molecule has 7 aromatic rings. The van der Waals surface area contributed by atoms with E-state index in [1.165, 1.54) is 0 Å². The van der Waals surface area contributed by atoms with Crippen molar-refractivity contribution in [3.8, 4) is 0 Å². The molecule has 0 unspecified atom stereocenters. The van der Waals surface area contributed by atoms with Crippen LogP contribution in [0.5, 0.6) is 0 Å². The summed E-state index contributed by atoms with van der Waals surface area (Å²) in [5.74, 6) is 0. The molecule has 0 spiro atoms. The van der Waals surface area contributed by atoms with Crippen molar-refractivity contribution in [2.75, 3.05) is 0 Å². The van der Waals surface area contributed by atoms with E-state index in [1.54, 1.807) is 72.8 Å². The summed E-state index contributed by atoms with van der Waals surface area (Å²) in [7, 11) is 0. The van der Waals surface area contributed by atoms with Crippen LogP contribution < -0.4 is 78.1 Å². The summed E-state index contributed by atoms with van der Waals surface area (Å²) in [5.41, 5.74) is 0.736. The molecule has 0 atom stereocenters. The Morgan fingerprint density at radius 3 is 1.60 bits per heavy atom. The third-order valence-corrected chi connectivity index (χ3v) is 6.63. The Balaban J connectivity index is 0.00000229. The Labute approximate surface area is 238 Å². The normalized spacial score (nSPS) is 11.7. The van der Waals surface area contributed by atoms with Crippen LogP contribution in [-0.4, -0.2) is 4.98 Å². The first-order valence-electron chi connectivity index (χ1n) is 10.7. The summed E-state index contributed by atoms with van der Waals surface area (Å²) in [6, 6.07) is 20.0. The number of nitrogens with one attached hydrogen (secondary N) is 1. The van der Waals surface area contributed by atoms with Gasteiger partial charge in [-0.05, 0) is 12.1 Å². The molecule has 0 aliphatic heterocycles. The average molecular weight is 481 g/mol. The molecule has 0 amide bonds. The molecule has 160 valence electrons. The number of H-pyrrole nitrogens is 1. The SMILES string of the molecule is O=c1c2ccccc2c(=O)c2c1ccc1[nH]c3c(ccc4c(=O)c5ccccc5c(=O)c43)[n-]c12.[K+]. The summed E-state index contributed by atoms with van der Waals surface area (Å²) in [6.07, 6.45) is 0. The van der Waals surface area contributed by atoms with E-state index in [-0.39, 0.29) is 83.9 Å². The van der Waals surface area contributed by atoms with E-state index in [0.29, 0.717) is 54.4 Å². The molecule has 35 heavy (non-hydrogen) atoms. The first-order chi connectivity index (χ1) is 16.5. The van der Waals surface area contributed by atoms with E-state index in [1.807, 2.05) is 0 Å². The topological polar surface area (TPSA) is 98.2 Å². The van der Waals surface area contributed by atoms with Gasteiger partial charge in [-0.15, -0.1) is 11.0 Å². The van der Waals surface area contributed by atoms with E-state index >= 15 is 0 Å². The van der Waals surface area contributed by atoms with Gasteiger partial charge < -0.3 is 9.97 Å². The number of fused-ring (bicyclic) bond motifs is 8. The summed E-state index contributed by atoms with van der Waals surface area (Å²) < 4.78 is 0. The summed E-state index contributed by atoms with van der Waals surface area (Å²) in [6.45, 7) is 0. The van der Waals surface area contributed by atoms with Crippen LogP contribution in [0.1, 0.15) is 0 Å². The molecule has 0 saturated carbocycles. The van der Waals surface area contributed by atoms with Crippen molar-refractivity contribution in [1.82, 2.24) is 9.97 Å². The van der Waals surface area contributed by atoms with Gasteiger partial charge in [0.15, 0.2) is 21.7 Å². The fraction of sp³-hybridized carbons (Fsp3) is 0. The van der Waals surface area contributed by atoms with Crippen LogP contribution in [0.2, 0.25) is 0 Å². The molecular weight excluding hydrogens is 467 g/mol. The molecule has 0 aliphatic carbocycles. The smallest absolute Gasteiger partial charge is 0.654 e. The number of aromatic amines is 1. The predicted molar refractivity (Wildman–Crippen MR) is 135 cm³/mol. The Hall–Kier alpha value is -3.20. The van der Waals surface area contributed by atoms with Gasteiger partial charge in [-0.3, -0.25) is 19.2 Å². The van der Waals surface area contributed by atoms with Crippen molar-refractivity contribution in [3.05, 3.63) is 114 Å². The van der Waals surface area contributed by atoms with Crippen LogP contribution in [0.25, 0.3) is 65.2 Å². The molecule has 0 aliphatic rings. The Bertz CT molecular complexity index is 2110. The van der Waals surface area contributed by atoms with Gasteiger partial charge in [-0.1, -0.05) is 60.7 Å². The maximum atomic E-state index is 13.4. The first kappa shape index (κ1) is 22.3. The molecule has 6 aromatic carbocycles. The van der Waals surface area contributed by atoms with E-state index in [2.05, 4.69) is 4.98 Å². The van der Waals surface area contributed by atoms with Crippen LogP contribution in [0.4, 0.5) is 0 Å². The third-order valence-electron chi connectivity index (χ3n) is 6.63. The second-order valence-corrected chi connectivity index (χ2v) is 8.41. The third kappa shape index (κ3) is 2.97. The average Bonchev–Trinajstić information content (AvgIpc) is 2.88. The van der Waals surface area contributed by atoms with Gasteiger partial charge in [0.2, 0.25) is 0 Å². The minimum Gasteiger partial charge on any atom is -0.654 e. The fourth-order valence-electron chi connectivity index (χ4n) is 5.04. The fourth-order valence-corrected chi connectivity index (χ4v) is 5.04. The van der Waals surface area contributed by atoms with Crippen LogP contribution in [0, 0.1) is 0 Å². The maximum Gasteiger partial charge on any atom is 1.00 e. The first-order valence-corrected chi connectivity index (χ1v) is 10.7. The zero-order chi connectivity index (χ0) is 23.1. The Morgan fingerprint density at radius 2 is 1.00 bits per heavy atom. The minimum atomic E-state index is -0.269. The monoisotopic (exact) mass is 480 g/mol. The van der Waals surface area contributed by atoms with Crippen molar-refractivity contribution in [2.45, 2.75) is 0 Å². The second-order valence-electron chi connectivity index (χ2n) is 8.41. The Morgan fingerprint density at radius 1 is 0.514 bits per heavy atom. The van der Waals surface area contributed by atoms with Crippen LogP contribution in [0.15, 0.2) is 92.0 Å². The van der Waals surface area contributed by atoms with Crippen molar-refractivity contribution < 1.29 is 51.4 Å². The largest absolute Gasteiger partial charge is 1.00 e. The number of benzene rings is 6. The van der Waals surface area contributed by atoms with Crippen LogP contribution in [0.3, 0.4) is 0 Å². The molecule has 0 radical (unpaired) electrons. The Kier molecular flexibility index (Phi) is 5.03. The van der Waals surface area contributed by atoms with Gasteiger partial charge in [-0.25, -0.2) is 0 Å². The number of nitrogens with zero attached hydrogens (tertiary/aromatic N) is 1. The van der Waals surface area contributed by atoms with Crippen molar-refractivity contribution in [1.29, 1.82) is 0 Å². The predicted octanol–water partition coefficient (Wildman–Crippen LogP) is 0.774. The van der Waals surface area contributed by atoms with Gasteiger partial charge in [0.05, 0.1) is 5.39 Å². The van der Waals surface area contributed by atoms with Crippen molar-refractivity contribution in [2.24, 2.45) is 0 Å². The zero-order valence-corrected chi connectivity index (χ0v) is 21.6. The standard InChI is InChI=1S/C28H14N2O4.K/c31-25-13-5-1-3-7-15(13)27(33)21-17(25)9-11-19-23(21)29-20-12-10-18-22(24(20)30-19)28(34)16-8-4-2-6-14(16)26(18)32;/h1-12H,(H2,29,30,31,32,33,34);/q;+1/p-1. The van der Waals surface area contributed by atoms with Gasteiger partial charge in [0.1, 0.15) is 0 Å². The van der Waals surface area contributed by atoms with E-state index in [4.69, 9.17) is 4.98 Å². The molecule has 0 fully saturated rings. The van der Waals surface area contributed by atoms with Gasteiger partial charge >= 0.3 is 51.4 Å². The van der Waals surface area contributed by atoms with Crippen molar-refractivity contribution in [3.63, 3.8) is 0 Å². The maximum absolute atomic E-state index is 13.4. The number of rotatable bonds is 0. The molecule has 0 saturated heterocycles. The molecule has 0 bridgehead atoms. The number of aromatic nitrogens is 2. The van der Waals surface area contributed by atoms with Gasteiger partial charge in [0.25, 0.3) is 0 Å². The van der Waals surface area contributed by atoms with Crippen LogP contribution >= 0.6 is 0 Å². The molecular formula is C28H13KN2O4. The quantitative estimate of drug-likeness (QED) is 0.197. The van der Waals surface area contributed by atoms with Crippen LogP contribution in [-0.2, 0) is 0 Å². The van der Waals surface area contributed by atoms with Gasteiger partial charge in [-0.2, -0.15) is 0 Å². The van der Waals surface area contributed by atoms with E-state index in [9.17, 15) is 19.2 Å². The second kappa shape index (κ2) is 7.91. The number of hydrogen-bond donors (Lipinski definition) is 1. The van der Waals surface area contributed by atoms with E-state index < -0.39 is 0 Å². The van der Waals surface area contributed by atoms with Gasteiger partial charge in [0, 0.05) is 48.7 Å². The van der Waals surface area contributed by atoms with E-state index in [0.717, 1.165) is 0 Å². The summed E-state index contributed by atoms with van der Waals surface area (Å²) in [5, 5.41) is 2.57. The molecule has 1 aromatic heterocycles. The molecule has 6 nitrogen and oxygen atoms in total. The molecule has 1 N–H and O–H groups in total. The summed E-state index contributed by atoms with van der Waals surface area (Å²) >= 11 is 0. The zero-order valence-electron chi connectivity index (χ0n) is 18.5. The van der Waals surface area contributed by atoms with Crippen molar-refractivity contribution >= 4 is 65.2 Å².